The number of rotatable bonds is 9. The summed E-state index contributed by atoms with van der Waals surface area (Å²) in [6.07, 6.45) is 4.09. The van der Waals surface area contributed by atoms with Gasteiger partial charge in [0.15, 0.2) is 0 Å². The average molecular weight is 288 g/mol. The second-order valence-corrected chi connectivity index (χ2v) is 7.34. The molecule has 1 aromatic rings. The van der Waals surface area contributed by atoms with Crippen LogP contribution in [0.5, 0.6) is 0 Å². The zero-order chi connectivity index (χ0) is 15.3. The van der Waals surface area contributed by atoms with Crippen LogP contribution >= 0.6 is 0 Å². The predicted molar refractivity (Wildman–Crippen MR) is 91.8 cm³/mol. The minimum atomic E-state index is 0.190. The van der Waals surface area contributed by atoms with Crippen LogP contribution in [-0.2, 0) is 5.41 Å². The summed E-state index contributed by atoms with van der Waals surface area (Å²) < 4.78 is 0. The van der Waals surface area contributed by atoms with E-state index in [0.717, 1.165) is 25.0 Å². The van der Waals surface area contributed by atoms with Gasteiger partial charge in [0.1, 0.15) is 0 Å². The van der Waals surface area contributed by atoms with Crippen LogP contribution in [-0.4, -0.2) is 37.6 Å². The Morgan fingerprint density at radius 3 is 2.43 bits per heavy atom. The Hall–Kier alpha value is -0.860. The van der Waals surface area contributed by atoms with Crippen molar-refractivity contribution in [2.75, 3.05) is 26.7 Å². The molecule has 0 saturated heterocycles. The van der Waals surface area contributed by atoms with Crippen molar-refractivity contribution in [3.8, 4) is 0 Å². The second-order valence-electron chi connectivity index (χ2n) is 7.34. The van der Waals surface area contributed by atoms with Crippen molar-refractivity contribution >= 4 is 0 Å². The molecule has 0 spiro atoms. The Kier molecular flexibility index (Phi) is 5.83. The number of hydrogen-bond acceptors (Lipinski definition) is 2. The molecule has 21 heavy (non-hydrogen) atoms. The van der Waals surface area contributed by atoms with Gasteiger partial charge in [0.05, 0.1) is 0 Å². The Labute approximate surface area is 130 Å². The zero-order valence-electron chi connectivity index (χ0n) is 14.2. The quantitative estimate of drug-likeness (QED) is 0.746. The molecule has 0 bridgehead atoms. The lowest BCUT2D eigenvalue weighted by Gasteiger charge is -2.36. The summed E-state index contributed by atoms with van der Waals surface area (Å²) in [5.74, 6) is 0.790. The molecule has 118 valence electrons. The first kappa shape index (κ1) is 16.5. The molecule has 1 atom stereocenters. The van der Waals surface area contributed by atoms with Gasteiger partial charge in [0, 0.05) is 24.5 Å². The molecule has 2 rings (SSSR count). The highest BCUT2D eigenvalue weighted by Gasteiger charge is 2.35. The van der Waals surface area contributed by atoms with Gasteiger partial charge in [-0.1, -0.05) is 51.1 Å². The summed E-state index contributed by atoms with van der Waals surface area (Å²) >= 11 is 0. The lowest BCUT2D eigenvalue weighted by atomic mass is 9.81. The van der Waals surface area contributed by atoms with Crippen molar-refractivity contribution in [2.45, 2.75) is 51.5 Å². The van der Waals surface area contributed by atoms with Crippen LogP contribution < -0.4 is 5.32 Å². The topological polar surface area (TPSA) is 15.3 Å². The first-order valence-electron chi connectivity index (χ1n) is 8.49. The molecule has 1 saturated carbocycles. The van der Waals surface area contributed by atoms with E-state index < -0.39 is 0 Å². The van der Waals surface area contributed by atoms with Crippen molar-refractivity contribution in [1.82, 2.24) is 10.2 Å². The van der Waals surface area contributed by atoms with E-state index in [2.05, 4.69) is 68.4 Å². The van der Waals surface area contributed by atoms with Gasteiger partial charge >= 0.3 is 0 Å². The Balaban J connectivity index is 2.09. The van der Waals surface area contributed by atoms with Crippen molar-refractivity contribution in [3.63, 3.8) is 0 Å². The summed E-state index contributed by atoms with van der Waals surface area (Å²) in [5, 5.41) is 3.41. The standard InChI is InChI=1S/C19H32N2/c1-16(2)12-13-21(18-10-11-18)15-19(3,14-20-4)17-8-6-5-7-9-17/h5-9,16,18,20H,10-15H2,1-4H3. The van der Waals surface area contributed by atoms with Gasteiger partial charge in [-0.05, 0) is 44.3 Å². The highest BCUT2D eigenvalue weighted by atomic mass is 15.2. The molecule has 1 aromatic carbocycles. The summed E-state index contributed by atoms with van der Waals surface area (Å²) in [6.45, 7) is 10.5. The maximum atomic E-state index is 3.41. The minimum absolute atomic E-state index is 0.190. The molecule has 0 radical (unpaired) electrons. The third-order valence-electron chi connectivity index (χ3n) is 4.65. The van der Waals surface area contributed by atoms with Gasteiger partial charge in [-0.3, -0.25) is 4.90 Å². The molecular formula is C19H32N2. The summed E-state index contributed by atoms with van der Waals surface area (Å²) in [4.78, 5) is 2.74. The van der Waals surface area contributed by atoms with Gasteiger partial charge in [0.2, 0.25) is 0 Å². The lowest BCUT2D eigenvalue weighted by Crippen LogP contribution is -2.46. The van der Waals surface area contributed by atoms with Crippen LogP contribution in [0.1, 0.15) is 45.6 Å². The van der Waals surface area contributed by atoms with Crippen molar-refractivity contribution < 1.29 is 0 Å². The van der Waals surface area contributed by atoms with Gasteiger partial charge in [-0.15, -0.1) is 0 Å². The SMILES string of the molecule is CNCC(C)(CN(CCC(C)C)C1CC1)c1ccccc1. The summed E-state index contributed by atoms with van der Waals surface area (Å²) in [7, 11) is 2.07. The molecule has 0 heterocycles. The Morgan fingerprint density at radius 1 is 1.24 bits per heavy atom. The van der Waals surface area contributed by atoms with Crippen LogP contribution in [0, 0.1) is 5.92 Å². The third-order valence-corrected chi connectivity index (χ3v) is 4.65. The first-order chi connectivity index (χ1) is 10.0. The van der Waals surface area contributed by atoms with E-state index in [1.54, 1.807) is 0 Å². The molecule has 1 aliphatic rings. The zero-order valence-corrected chi connectivity index (χ0v) is 14.2. The summed E-state index contributed by atoms with van der Waals surface area (Å²) in [5.41, 5.74) is 1.64. The molecule has 0 aliphatic heterocycles. The van der Waals surface area contributed by atoms with Crippen LogP contribution in [0.3, 0.4) is 0 Å². The maximum Gasteiger partial charge on any atom is 0.0177 e. The molecule has 0 amide bonds. The predicted octanol–water partition coefficient (Wildman–Crippen LogP) is 3.67. The second kappa shape index (κ2) is 7.42. The fourth-order valence-corrected chi connectivity index (χ4v) is 3.18. The fourth-order valence-electron chi connectivity index (χ4n) is 3.18. The van der Waals surface area contributed by atoms with E-state index >= 15 is 0 Å². The van der Waals surface area contributed by atoms with E-state index in [-0.39, 0.29) is 5.41 Å². The molecule has 1 fully saturated rings. The van der Waals surface area contributed by atoms with Gasteiger partial charge in [-0.25, -0.2) is 0 Å². The number of nitrogens with zero attached hydrogens (tertiary/aromatic N) is 1. The van der Waals surface area contributed by atoms with E-state index in [0.29, 0.717) is 0 Å². The number of hydrogen-bond donors (Lipinski definition) is 1. The van der Waals surface area contributed by atoms with Crippen molar-refractivity contribution in [2.24, 2.45) is 5.92 Å². The van der Waals surface area contributed by atoms with Crippen LogP contribution in [0.4, 0.5) is 0 Å². The molecule has 1 N–H and O–H groups in total. The van der Waals surface area contributed by atoms with Crippen molar-refractivity contribution in [3.05, 3.63) is 35.9 Å². The Morgan fingerprint density at radius 2 is 1.90 bits per heavy atom. The molecule has 2 nitrogen and oxygen atoms in total. The molecule has 0 aromatic heterocycles. The number of likely N-dealkylation sites (N-methyl/N-ethyl adjacent to an activating group) is 1. The van der Waals surface area contributed by atoms with E-state index in [1.165, 1.54) is 31.4 Å². The monoisotopic (exact) mass is 288 g/mol. The highest BCUT2D eigenvalue weighted by molar-refractivity contribution is 5.26. The van der Waals surface area contributed by atoms with E-state index in [9.17, 15) is 0 Å². The Bertz CT molecular complexity index is 411. The molecular weight excluding hydrogens is 256 g/mol. The van der Waals surface area contributed by atoms with E-state index in [4.69, 9.17) is 0 Å². The smallest absolute Gasteiger partial charge is 0.0177 e. The average Bonchev–Trinajstić information content (AvgIpc) is 3.29. The van der Waals surface area contributed by atoms with Gasteiger partial charge in [0.25, 0.3) is 0 Å². The van der Waals surface area contributed by atoms with Crippen molar-refractivity contribution in [1.29, 1.82) is 0 Å². The van der Waals surface area contributed by atoms with E-state index in [1.807, 2.05) is 0 Å². The lowest BCUT2D eigenvalue weighted by molar-refractivity contribution is 0.194. The van der Waals surface area contributed by atoms with Crippen LogP contribution in [0.25, 0.3) is 0 Å². The highest BCUT2D eigenvalue weighted by Crippen LogP contribution is 2.32. The fraction of sp³-hybridized carbons (Fsp3) is 0.684. The van der Waals surface area contributed by atoms with Crippen LogP contribution in [0.2, 0.25) is 0 Å². The minimum Gasteiger partial charge on any atom is -0.319 e. The summed E-state index contributed by atoms with van der Waals surface area (Å²) in [6, 6.07) is 11.8. The first-order valence-corrected chi connectivity index (χ1v) is 8.49. The normalized spacial score (nSPS) is 18.2. The third kappa shape index (κ3) is 4.82. The number of nitrogens with one attached hydrogen (secondary N) is 1. The van der Waals surface area contributed by atoms with Gasteiger partial charge in [-0.2, -0.15) is 0 Å². The molecule has 2 heteroatoms. The molecule has 1 unspecified atom stereocenters. The maximum absolute atomic E-state index is 3.41. The molecule has 1 aliphatic carbocycles. The van der Waals surface area contributed by atoms with Gasteiger partial charge < -0.3 is 5.32 Å². The number of benzene rings is 1. The van der Waals surface area contributed by atoms with Crippen LogP contribution in [0.15, 0.2) is 30.3 Å². The largest absolute Gasteiger partial charge is 0.319 e.